The molecule has 1 rings (SSSR count). The number of hydrogen-bond acceptors (Lipinski definition) is 6. The molecule has 0 aromatic rings. The van der Waals surface area contributed by atoms with Crippen LogP contribution >= 0.6 is 0 Å². The van der Waals surface area contributed by atoms with E-state index < -0.39 is 36.7 Å². The fraction of sp³-hybridized carbons (Fsp3) is 0.833. The molecule has 1 aliphatic rings. The van der Waals surface area contributed by atoms with Gasteiger partial charge in [-0.05, 0) is 0 Å². The molecule has 0 aliphatic carbocycles. The number of aliphatic hydroxyl groups excluding tert-OH is 4. The summed E-state index contributed by atoms with van der Waals surface area (Å²) in [4.78, 5) is 10.4. The molecule has 7 heteroatoms. The van der Waals surface area contributed by atoms with Crippen LogP contribution in [0.25, 0.3) is 0 Å². The lowest BCUT2D eigenvalue weighted by atomic mass is 9.99. The largest absolute Gasteiger partial charge is 0.479 e. The molecule has 0 amide bonds. The molecule has 0 radical (unpaired) electrons. The van der Waals surface area contributed by atoms with E-state index in [1.807, 2.05) is 0 Å². The van der Waals surface area contributed by atoms with Gasteiger partial charge in [0.25, 0.3) is 0 Å². The van der Waals surface area contributed by atoms with Crippen molar-refractivity contribution in [1.82, 2.24) is 0 Å². The molecule has 5 atom stereocenters. The monoisotopic (exact) mass is 194 g/mol. The van der Waals surface area contributed by atoms with E-state index in [4.69, 9.17) is 25.5 Å². The van der Waals surface area contributed by atoms with Gasteiger partial charge >= 0.3 is 5.97 Å². The lowest BCUT2D eigenvalue weighted by Gasteiger charge is -2.36. The van der Waals surface area contributed by atoms with Crippen molar-refractivity contribution in [2.45, 2.75) is 30.7 Å². The lowest BCUT2D eigenvalue weighted by molar-refractivity contribution is -0.279. The van der Waals surface area contributed by atoms with Gasteiger partial charge in [-0.25, -0.2) is 4.79 Å². The van der Waals surface area contributed by atoms with Crippen LogP contribution in [0.4, 0.5) is 0 Å². The van der Waals surface area contributed by atoms with Gasteiger partial charge in [-0.3, -0.25) is 0 Å². The molecule has 0 aromatic carbocycles. The standard InChI is InChI=1S/C6H10O7/c7-1-2(8)4(5(10)11)13-6(12)3(1)9/h1-4,6-9,12H,(H,10,11)/t1?,2-,3?,4?,6+/m0/s1. The smallest absolute Gasteiger partial charge is 0.335 e. The highest BCUT2D eigenvalue weighted by atomic mass is 16.6. The Balaban J connectivity index is 2.76. The summed E-state index contributed by atoms with van der Waals surface area (Å²) in [5.41, 5.74) is 0. The molecule has 3 unspecified atom stereocenters. The predicted octanol–water partition coefficient (Wildman–Crippen LogP) is -3.13. The zero-order chi connectivity index (χ0) is 10.2. The second-order valence-electron chi connectivity index (χ2n) is 2.76. The van der Waals surface area contributed by atoms with Crippen molar-refractivity contribution < 1.29 is 35.1 Å². The van der Waals surface area contributed by atoms with E-state index in [1.54, 1.807) is 0 Å². The molecular weight excluding hydrogens is 184 g/mol. The molecule has 1 aliphatic heterocycles. The Labute approximate surface area is 72.8 Å². The molecule has 76 valence electrons. The topological polar surface area (TPSA) is 127 Å². The third-order valence-electron chi connectivity index (χ3n) is 1.83. The Morgan fingerprint density at radius 1 is 1.00 bits per heavy atom. The Morgan fingerprint density at radius 2 is 1.54 bits per heavy atom. The predicted molar refractivity (Wildman–Crippen MR) is 36.5 cm³/mol. The van der Waals surface area contributed by atoms with Crippen molar-refractivity contribution in [3.63, 3.8) is 0 Å². The van der Waals surface area contributed by atoms with Gasteiger partial charge in [-0.1, -0.05) is 0 Å². The summed E-state index contributed by atoms with van der Waals surface area (Å²) in [5, 5.41) is 44.4. The number of carboxylic acids is 1. The van der Waals surface area contributed by atoms with Crippen molar-refractivity contribution in [1.29, 1.82) is 0 Å². The number of carboxylic acid groups (broad SMARTS) is 1. The Hall–Kier alpha value is -0.730. The summed E-state index contributed by atoms with van der Waals surface area (Å²) in [7, 11) is 0. The fourth-order valence-electron chi connectivity index (χ4n) is 1.07. The van der Waals surface area contributed by atoms with Gasteiger partial charge in [-0.15, -0.1) is 0 Å². The first-order valence-electron chi connectivity index (χ1n) is 3.55. The minimum absolute atomic E-state index is 1.52. The van der Waals surface area contributed by atoms with Gasteiger partial charge in [0.15, 0.2) is 12.4 Å². The average molecular weight is 194 g/mol. The molecule has 0 spiro atoms. The maximum absolute atomic E-state index is 10.4. The van der Waals surface area contributed by atoms with Crippen molar-refractivity contribution in [3.8, 4) is 0 Å². The first kappa shape index (κ1) is 10.4. The van der Waals surface area contributed by atoms with E-state index in [9.17, 15) is 4.79 Å². The van der Waals surface area contributed by atoms with Gasteiger partial charge in [0.1, 0.15) is 18.3 Å². The SMILES string of the molecule is O=C(O)C1O[C@@H](O)C(O)C(O)[C@@H]1O. The Bertz CT molecular complexity index is 205. The van der Waals surface area contributed by atoms with E-state index >= 15 is 0 Å². The van der Waals surface area contributed by atoms with Gasteiger partial charge in [0.05, 0.1) is 0 Å². The Kier molecular flexibility index (Phi) is 2.84. The second-order valence-corrected chi connectivity index (χ2v) is 2.76. The normalized spacial score (nSPS) is 46.0. The van der Waals surface area contributed by atoms with Crippen LogP contribution in [0.1, 0.15) is 0 Å². The fourth-order valence-corrected chi connectivity index (χ4v) is 1.07. The van der Waals surface area contributed by atoms with Crippen LogP contribution in [0, 0.1) is 0 Å². The number of ether oxygens (including phenoxy) is 1. The summed E-state index contributed by atoms with van der Waals surface area (Å²) in [6.45, 7) is 0. The first-order valence-corrected chi connectivity index (χ1v) is 3.55. The van der Waals surface area contributed by atoms with E-state index in [0.717, 1.165) is 0 Å². The number of rotatable bonds is 1. The van der Waals surface area contributed by atoms with Gasteiger partial charge in [-0.2, -0.15) is 0 Å². The molecule has 7 nitrogen and oxygen atoms in total. The third-order valence-corrected chi connectivity index (χ3v) is 1.83. The summed E-state index contributed by atoms with van der Waals surface area (Å²) < 4.78 is 4.34. The number of aliphatic carboxylic acids is 1. The molecule has 13 heavy (non-hydrogen) atoms. The molecule has 1 saturated heterocycles. The lowest BCUT2D eigenvalue weighted by Crippen LogP contribution is -2.59. The quantitative estimate of drug-likeness (QED) is 0.298. The molecule has 0 saturated carbocycles. The second kappa shape index (κ2) is 3.56. The first-order chi connectivity index (χ1) is 5.95. The van der Waals surface area contributed by atoms with Crippen molar-refractivity contribution >= 4 is 5.97 Å². The molecule has 1 heterocycles. The highest BCUT2D eigenvalue weighted by Crippen LogP contribution is 2.19. The van der Waals surface area contributed by atoms with Gasteiger partial charge in [0.2, 0.25) is 0 Å². The zero-order valence-electron chi connectivity index (χ0n) is 6.44. The third kappa shape index (κ3) is 1.79. The maximum Gasteiger partial charge on any atom is 0.335 e. The Morgan fingerprint density at radius 3 is 2.00 bits per heavy atom. The minimum atomic E-state index is -1.81. The number of aliphatic hydroxyl groups is 4. The average Bonchev–Trinajstić information content (AvgIpc) is 2.07. The van der Waals surface area contributed by atoms with Crippen LogP contribution in [0.2, 0.25) is 0 Å². The van der Waals surface area contributed by atoms with Crippen molar-refractivity contribution in [2.24, 2.45) is 0 Å². The molecule has 0 aromatic heterocycles. The van der Waals surface area contributed by atoms with Crippen LogP contribution < -0.4 is 0 Å². The van der Waals surface area contributed by atoms with Crippen LogP contribution in [-0.4, -0.2) is 62.2 Å². The molecule has 0 bridgehead atoms. The van der Waals surface area contributed by atoms with Crippen molar-refractivity contribution in [2.75, 3.05) is 0 Å². The van der Waals surface area contributed by atoms with E-state index in [-0.39, 0.29) is 0 Å². The summed E-state index contributed by atoms with van der Waals surface area (Å²) in [5.74, 6) is -1.52. The van der Waals surface area contributed by atoms with Gasteiger partial charge < -0.3 is 30.3 Å². The van der Waals surface area contributed by atoms with E-state index in [0.29, 0.717) is 0 Å². The van der Waals surface area contributed by atoms with Crippen molar-refractivity contribution in [3.05, 3.63) is 0 Å². The zero-order valence-corrected chi connectivity index (χ0v) is 6.44. The minimum Gasteiger partial charge on any atom is -0.479 e. The number of hydrogen-bond donors (Lipinski definition) is 5. The summed E-state index contributed by atoms with van der Waals surface area (Å²) in [6.07, 6.45) is -8.72. The summed E-state index contributed by atoms with van der Waals surface area (Å²) >= 11 is 0. The summed E-state index contributed by atoms with van der Waals surface area (Å²) in [6, 6.07) is 0. The molecule has 5 N–H and O–H groups in total. The van der Waals surface area contributed by atoms with E-state index in [2.05, 4.69) is 4.74 Å². The van der Waals surface area contributed by atoms with Gasteiger partial charge in [0, 0.05) is 0 Å². The van der Waals surface area contributed by atoms with E-state index in [1.165, 1.54) is 0 Å². The maximum atomic E-state index is 10.4. The molecular formula is C6H10O7. The number of carbonyl (C=O) groups is 1. The highest BCUT2D eigenvalue weighted by molar-refractivity contribution is 5.73. The highest BCUT2D eigenvalue weighted by Gasteiger charge is 2.46. The van der Waals surface area contributed by atoms with Crippen LogP contribution in [0.5, 0.6) is 0 Å². The molecule has 1 fully saturated rings. The van der Waals surface area contributed by atoms with Crippen LogP contribution in [0.15, 0.2) is 0 Å². The van der Waals surface area contributed by atoms with Crippen LogP contribution in [-0.2, 0) is 9.53 Å². The van der Waals surface area contributed by atoms with Crippen LogP contribution in [0.3, 0.4) is 0 Å².